The number of aryl methyl sites for hydroxylation is 1. The highest BCUT2D eigenvalue weighted by molar-refractivity contribution is 9.09. The number of H-pyrrole nitrogens is 1. The molecule has 0 spiro atoms. The van der Waals surface area contributed by atoms with Gasteiger partial charge < -0.3 is 43.9 Å². The molecule has 0 aliphatic carbocycles. The number of carbonyl (C=O) groups excluding carboxylic acids is 4. The maximum Gasteiger partial charge on any atom is 0.340 e. The number of terminal acetylenes is 1. The van der Waals surface area contributed by atoms with Crippen molar-refractivity contribution in [3.8, 4) is 190 Å². The second-order valence-corrected chi connectivity index (χ2v) is 17.1. The molecule has 514 valence electrons. The van der Waals surface area contributed by atoms with Crippen molar-refractivity contribution in [2.24, 2.45) is 0 Å². The number of nitrogens with zero attached hydrogens (tertiary/aromatic N) is 2. The van der Waals surface area contributed by atoms with Crippen LogP contribution in [0.15, 0.2) is 97.1 Å². The molecular formula is C75H79BrN4O18. The molecule has 4 aromatic carbocycles. The summed E-state index contributed by atoms with van der Waals surface area (Å²) in [6, 6.07) is 28.6. The molecule has 6 aromatic rings. The van der Waals surface area contributed by atoms with Crippen LogP contribution in [0.4, 0.5) is 0 Å². The fourth-order valence-electron chi connectivity index (χ4n) is 6.52. The van der Waals surface area contributed by atoms with Gasteiger partial charge >= 0.3 is 23.9 Å². The summed E-state index contributed by atoms with van der Waals surface area (Å²) in [7, 11) is 0. The molecule has 0 atom stereocenters. The average molecular weight is 1400 g/mol. The van der Waals surface area contributed by atoms with Crippen LogP contribution in [0.1, 0.15) is 93.5 Å². The molecule has 6 rings (SSSR count). The number of phenolic OH excluding ortho intramolecular Hbond substituents is 2. The standard InChI is InChI=1S/C21H21NO5.C21H4.C12H13NO3.C12H6.C9H9BrO2.H3NO5.HNO3.11H2/c1-3-26-21(25)20-14(2)22(18-10-9-16(23)11-17(18)20)12-19(24)27-13-15-7-5-4-6-8-15;1-3-5-7-9-11-13-15-17-19-21-20-18-16-14-12-10-8-6-4-2;1-3-16-12(15)11-7(2)13-10-5-4-8(14)6-9(10)11;1-3-5-7-9-11-12-10-8-6-4-2;10-6-9(11)12-7-8-4-2-1-3-5-8;2-4-1-5-6-3;2-1(3)4;;;;;;;;;;;/h4-11,23H,3,12-13H2,1-2H3;1H,2H3;4-6,13-14H,3H2,1-2H3;1-2H3;1-5H,6-7H2;1-3H;(H,2,3,4);11*1H. The van der Waals surface area contributed by atoms with Gasteiger partial charge in [-0.05, 0) is 249 Å². The first kappa shape index (κ1) is 84.3. The van der Waals surface area contributed by atoms with Crippen LogP contribution in [0.25, 0.3) is 21.8 Å². The first-order valence-corrected chi connectivity index (χ1v) is 28.6. The number of alkyl halides is 1. The first-order valence-electron chi connectivity index (χ1n) is 27.4. The SMILES string of the molecule is C#CC#CC#CC#CC#CC#CC#CC#CC#CC#CC.CC#CC#CC#CC#CC#CC.CCOC(=O)c1c(C)[nH]c2ccc(O)cc12.CCOC(=O)c1c(C)n(CC(=O)OCc2ccccc2)c2ccc(O)cc12.O=C(CBr)OCc1ccccc1.O=[N+]([O-])O.OONOOO.[HH].[HH].[HH].[HH].[HH].[HH].[HH].[HH].[HH].[HH].[HH]. The van der Waals surface area contributed by atoms with Crippen molar-refractivity contribution >= 4 is 61.6 Å². The Morgan fingerprint density at radius 3 is 1.32 bits per heavy atom. The molecule has 0 saturated heterocycles. The van der Waals surface area contributed by atoms with Crippen LogP contribution in [0.5, 0.6) is 11.5 Å². The van der Waals surface area contributed by atoms with Gasteiger partial charge in [-0.2, -0.15) is 0 Å². The molecular weight excluding hydrogens is 1320 g/mol. The number of aromatic nitrogens is 2. The van der Waals surface area contributed by atoms with Gasteiger partial charge in [-0.25, -0.2) is 20.1 Å². The molecule has 0 aliphatic rings. The number of aromatic amines is 1. The summed E-state index contributed by atoms with van der Waals surface area (Å²) in [4.78, 5) is 64.9. The van der Waals surface area contributed by atoms with E-state index in [0.29, 0.717) is 46.3 Å². The number of carbonyl (C=O) groups is 4. The molecule has 98 heavy (non-hydrogen) atoms. The largest absolute Gasteiger partial charge is 0.508 e. The lowest BCUT2D eigenvalue weighted by Crippen LogP contribution is -2.15. The molecule has 2 heterocycles. The van der Waals surface area contributed by atoms with Crippen LogP contribution in [0.3, 0.4) is 0 Å². The Morgan fingerprint density at radius 2 is 0.949 bits per heavy atom. The number of benzene rings is 4. The van der Waals surface area contributed by atoms with Crippen molar-refractivity contribution in [2.75, 3.05) is 18.5 Å². The molecule has 0 bridgehead atoms. The van der Waals surface area contributed by atoms with Gasteiger partial charge in [0.15, 0.2) is 0 Å². The number of esters is 4. The van der Waals surface area contributed by atoms with Crippen molar-refractivity contribution in [2.45, 2.75) is 68.2 Å². The highest BCUT2D eigenvalue weighted by Crippen LogP contribution is 2.30. The quantitative estimate of drug-likeness (QED) is 0.00779. The highest BCUT2D eigenvalue weighted by atomic mass is 79.9. The Labute approximate surface area is 591 Å². The van der Waals surface area contributed by atoms with E-state index < -0.39 is 17.0 Å². The Kier molecular flexibility index (Phi) is 48.2. The van der Waals surface area contributed by atoms with Crippen molar-refractivity contribution in [1.29, 1.82) is 0 Å². The molecule has 2 aromatic heterocycles. The summed E-state index contributed by atoms with van der Waals surface area (Å²) in [5.74, 6) is 71.1. The minimum atomic E-state index is -1.50. The summed E-state index contributed by atoms with van der Waals surface area (Å²) < 4.78 is 22.1. The lowest BCUT2D eigenvalue weighted by Gasteiger charge is -2.09. The van der Waals surface area contributed by atoms with Crippen LogP contribution >= 0.6 is 15.9 Å². The monoisotopic (exact) mass is 1400 g/mol. The first-order chi connectivity index (χ1) is 47.4. The van der Waals surface area contributed by atoms with Crippen LogP contribution < -0.4 is 5.64 Å². The third kappa shape index (κ3) is 40.2. The maximum absolute atomic E-state index is 12.4. The minimum absolute atomic E-state index is 0. The normalized spacial score (nSPS) is 7.93. The second-order valence-electron chi connectivity index (χ2n) is 16.6. The number of aromatic hydroxyl groups is 2. The highest BCUT2D eigenvalue weighted by Gasteiger charge is 2.23. The van der Waals surface area contributed by atoms with Gasteiger partial charge in [-0.15, -0.1) is 21.5 Å². The molecule has 0 amide bonds. The van der Waals surface area contributed by atoms with E-state index in [9.17, 15) is 29.4 Å². The van der Waals surface area contributed by atoms with Crippen molar-refractivity contribution < 1.29 is 99.9 Å². The smallest absolute Gasteiger partial charge is 0.340 e. The number of phenols is 2. The zero-order chi connectivity index (χ0) is 72.8. The van der Waals surface area contributed by atoms with Gasteiger partial charge in [-0.1, -0.05) is 99.3 Å². The maximum atomic E-state index is 12.4. The number of fused-ring (bicyclic) bond motifs is 2. The number of ether oxygens (including phenoxy) is 4. The summed E-state index contributed by atoms with van der Waals surface area (Å²) >= 11 is 3.01. The summed E-state index contributed by atoms with van der Waals surface area (Å²) in [5.41, 5.74) is 6.84. The van der Waals surface area contributed by atoms with Crippen molar-refractivity contribution in [3.05, 3.63) is 141 Å². The predicted octanol–water partition coefficient (Wildman–Crippen LogP) is 11.4. The van der Waals surface area contributed by atoms with E-state index in [4.69, 9.17) is 51.2 Å². The van der Waals surface area contributed by atoms with E-state index in [-0.39, 0.29) is 64.2 Å². The van der Waals surface area contributed by atoms with Gasteiger partial charge in [0, 0.05) is 60.7 Å². The number of nitrogens with one attached hydrogen (secondary N) is 2. The fraction of sp³-hybridized carbons (Fsp3) is 0.173. The van der Waals surface area contributed by atoms with Crippen LogP contribution in [-0.2, 0) is 63.3 Å². The molecule has 23 heteroatoms. The number of hydrogen-bond donors (Lipinski definition) is 7. The van der Waals surface area contributed by atoms with E-state index in [2.05, 4.69) is 208 Å². The Balaban J connectivity index is -0.000000105. The van der Waals surface area contributed by atoms with E-state index in [0.717, 1.165) is 22.3 Å². The van der Waals surface area contributed by atoms with Crippen LogP contribution in [0.2, 0.25) is 0 Å². The summed E-state index contributed by atoms with van der Waals surface area (Å²) in [6.45, 7) is 13.3. The molecule has 22 nitrogen and oxygen atoms in total. The van der Waals surface area contributed by atoms with Gasteiger partial charge in [0.25, 0.3) is 5.09 Å². The zero-order valence-electron chi connectivity index (χ0n) is 53.4. The van der Waals surface area contributed by atoms with Crippen molar-refractivity contribution in [1.82, 2.24) is 15.2 Å². The van der Waals surface area contributed by atoms with E-state index in [1.54, 1.807) is 70.4 Å². The van der Waals surface area contributed by atoms with E-state index in [1.165, 1.54) is 17.8 Å². The lowest BCUT2D eigenvalue weighted by atomic mass is 10.1. The number of hydrogen-bond acceptors (Lipinski definition) is 18. The van der Waals surface area contributed by atoms with Gasteiger partial charge in [-0.3, -0.25) is 9.59 Å². The molecule has 0 fully saturated rings. The zero-order valence-corrected chi connectivity index (χ0v) is 55.0. The third-order valence-electron chi connectivity index (χ3n) is 10.1. The third-order valence-corrected chi connectivity index (χ3v) is 10.6. The average Bonchev–Trinajstić information content (AvgIpc) is 1.62. The molecule has 0 radical (unpaired) electrons. The van der Waals surface area contributed by atoms with Crippen LogP contribution in [0, 0.1) is 202 Å². The summed E-state index contributed by atoms with van der Waals surface area (Å²) in [5, 5.41) is 51.7. The molecule has 0 unspecified atom stereocenters. The second kappa shape index (κ2) is 56.1. The van der Waals surface area contributed by atoms with E-state index >= 15 is 0 Å². The van der Waals surface area contributed by atoms with Gasteiger partial charge in [0.05, 0.1) is 24.3 Å². The van der Waals surface area contributed by atoms with Crippen molar-refractivity contribution in [3.63, 3.8) is 0 Å². The molecule has 0 aliphatic heterocycles. The Bertz CT molecular complexity index is 4690. The fourth-order valence-corrected chi connectivity index (χ4v) is 6.68. The number of halogens is 1. The Hall–Kier alpha value is -13.7. The molecule has 0 saturated carbocycles. The Morgan fingerprint density at radius 1 is 0.571 bits per heavy atom. The van der Waals surface area contributed by atoms with Crippen LogP contribution in [-0.4, -0.2) is 83.0 Å². The lowest BCUT2D eigenvalue weighted by molar-refractivity contribution is -0.742. The van der Waals surface area contributed by atoms with E-state index in [1.807, 2.05) is 67.6 Å². The predicted molar refractivity (Wildman–Crippen MR) is 390 cm³/mol. The van der Waals surface area contributed by atoms with Gasteiger partial charge in [0.2, 0.25) is 0 Å². The topological polar surface area (TPSA) is 310 Å². The number of rotatable bonds is 14. The minimum Gasteiger partial charge on any atom is -0.508 e. The van der Waals surface area contributed by atoms with Gasteiger partial charge in [0.1, 0.15) is 36.6 Å². The molecule has 7 N–H and O–H groups in total. The summed E-state index contributed by atoms with van der Waals surface area (Å²) in [6.07, 6.45) is 4.90.